The van der Waals surface area contributed by atoms with E-state index in [0.717, 1.165) is 12.3 Å². The predicted molar refractivity (Wildman–Crippen MR) is 83.7 cm³/mol. The Labute approximate surface area is 132 Å². The summed E-state index contributed by atoms with van der Waals surface area (Å²) in [6.07, 6.45) is 1.07. The Kier molecular flexibility index (Phi) is 5.03. The number of hydrogen-bond acceptors (Lipinski definition) is 3. The van der Waals surface area contributed by atoms with Gasteiger partial charge in [0.25, 0.3) is 0 Å². The van der Waals surface area contributed by atoms with Gasteiger partial charge in [-0.2, -0.15) is 0 Å². The average molecular weight is 346 g/mol. The molecule has 7 heteroatoms. The Balaban J connectivity index is 2.24. The van der Waals surface area contributed by atoms with E-state index >= 15 is 0 Å². The summed E-state index contributed by atoms with van der Waals surface area (Å²) in [5.41, 5.74) is 1.07. The van der Waals surface area contributed by atoms with Crippen molar-refractivity contribution in [3.8, 4) is 0 Å². The van der Waals surface area contributed by atoms with Crippen LogP contribution >= 0.6 is 11.6 Å². The molecule has 2 aromatic rings. The van der Waals surface area contributed by atoms with Gasteiger partial charge in [-0.25, -0.2) is 17.2 Å². The third-order valence-corrected chi connectivity index (χ3v) is 4.03. The maximum absolute atomic E-state index is 13.7. The number of hydrogen-bond donors (Lipinski definition) is 1. The highest BCUT2D eigenvalue weighted by molar-refractivity contribution is 7.89. The van der Waals surface area contributed by atoms with Gasteiger partial charge in [0.2, 0.25) is 0 Å². The van der Waals surface area contributed by atoms with Crippen molar-refractivity contribution in [2.24, 2.45) is 0 Å². The highest BCUT2D eigenvalue weighted by Gasteiger charge is 2.11. The molecule has 2 aromatic carbocycles. The molecule has 1 N–H and O–H groups in total. The fourth-order valence-corrected chi connectivity index (χ4v) is 3.00. The molecule has 0 heterocycles. The predicted octanol–water partition coefficient (Wildman–Crippen LogP) is 3.77. The Morgan fingerprint density at radius 3 is 2.50 bits per heavy atom. The molecule has 22 heavy (non-hydrogen) atoms. The molecule has 0 atom stereocenters. The zero-order valence-electron chi connectivity index (χ0n) is 11.7. The maximum Gasteiger partial charge on any atom is 0.151 e. The van der Waals surface area contributed by atoms with E-state index in [1.807, 2.05) is 0 Å². The van der Waals surface area contributed by atoms with E-state index in [2.05, 4.69) is 5.32 Å². The molecule has 0 saturated carbocycles. The molecule has 0 amide bonds. The first-order valence-electron chi connectivity index (χ1n) is 6.38. The molecular formula is C15H14ClF2NO2S. The first-order valence-corrected chi connectivity index (χ1v) is 8.82. The number of halogens is 3. The molecule has 0 aliphatic heterocycles. The van der Waals surface area contributed by atoms with Crippen LogP contribution < -0.4 is 5.32 Å². The lowest BCUT2D eigenvalue weighted by Crippen LogP contribution is -2.08. The summed E-state index contributed by atoms with van der Waals surface area (Å²) in [4.78, 5) is 0. The molecule has 118 valence electrons. The van der Waals surface area contributed by atoms with Crippen LogP contribution in [0, 0.1) is 11.6 Å². The second kappa shape index (κ2) is 6.62. The van der Waals surface area contributed by atoms with Gasteiger partial charge in [0.15, 0.2) is 9.84 Å². The minimum Gasteiger partial charge on any atom is -0.381 e. The van der Waals surface area contributed by atoms with Crippen LogP contribution in [0.3, 0.4) is 0 Å². The molecule has 0 aliphatic rings. The van der Waals surface area contributed by atoms with Gasteiger partial charge in [-0.3, -0.25) is 0 Å². The Morgan fingerprint density at radius 1 is 1.09 bits per heavy atom. The van der Waals surface area contributed by atoms with Crippen molar-refractivity contribution in [2.45, 2.75) is 12.3 Å². The number of anilines is 1. The highest BCUT2D eigenvalue weighted by Crippen LogP contribution is 2.22. The van der Waals surface area contributed by atoms with E-state index < -0.39 is 21.5 Å². The smallest absolute Gasteiger partial charge is 0.151 e. The average Bonchev–Trinajstić information content (AvgIpc) is 2.39. The van der Waals surface area contributed by atoms with Crippen molar-refractivity contribution in [1.82, 2.24) is 0 Å². The number of rotatable bonds is 5. The van der Waals surface area contributed by atoms with Crippen molar-refractivity contribution in [3.63, 3.8) is 0 Å². The van der Waals surface area contributed by atoms with Gasteiger partial charge in [-0.15, -0.1) is 0 Å². The zero-order valence-corrected chi connectivity index (χ0v) is 13.3. The van der Waals surface area contributed by atoms with E-state index in [9.17, 15) is 17.2 Å². The summed E-state index contributed by atoms with van der Waals surface area (Å²) in [6, 6.07) is 7.96. The Hall–Kier alpha value is -1.66. The van der Waals surface area contributed by atoms with Crippen molar-refractivity contribution in [2.75, 3.05) is 11.6 Å². The minimum atomic E-state index is -3.32. The van der Waals surface area contributed by atoms with Crippen molar-refractivity contribution in [1.29, 1.82) is 0 Å². The summed E-state index contributed by atoms with van der Waals surface area (Å²) in [7, 11) is -3.32. The standard InChI is InChI=1S/C15H14ClF2NO2S/c1-22(20,21)9-11-7-13(17)3-5-15(11)19-8-10-6-12(16)2-4-14(10)18/h2-7,19H,8-9H2,1H3. The molecule has 0 aliphatic carbocycles. The van der Waals surface area contributed by atoms with Crippen LogP contribution in [0.25, 0.3) is 0 Å². The molecule has 3 nitrogen and oxygen atoms in total. The zero-order chi connectivity index (χ0) is 16.3. The van der Waals surface area contributed by atoms with Crippen LogP contribution in [0.5, 0.6) is 0 Å². The number of benzene rings is 2. The Bertz CT molecular complexity index is 794. The lowest BCUT2D eigenvalue weighted by molar-refractivity contribution is 0.600. The quantitative estimate of drug-likeness (QED) is 0.897. The maximum atomic E-state index is 13.7. The lowest BCUT2D eigenvalue weighted by Gasteiger charge is -2.12. The third kappa shape index (κ3) is 4.68. The number of nitrogens with one attached hydrogen (secondary N) is 1. The molecule has 0 bridgehead atoms. The van der Waals surface area contributed by atoms with Gasteiger partial charge in [0.05, 0.1) is 5.75 Å². The molecule has 0 unspecified atom stereocenters. The second-order valence-corrected chi connectivity index (χ2v) is 7.54. The minimum absolute atomic E-state index is 0.106. The molecule has 0 saturated heterocycles. The normalized spacial score (nSPS) is 11.5. The summed E-state index contributed by atoms with van der Waals surface area (Å²) in [5.74, 6) is -1.26. The van der Waals surface area contributed by atoms with Crippen LogP contribution in [-0.2, 0) is 22.1 Å². The molecule has 0 spiro atoms. The van der Waals surface area contributed by atoms with E-state index in [-0.39, 0.29) is 12.3 Å². The largest absolute Gasteiger partial charge is 0.381 e. The van der Waals surface area contributed by atoms with Gasteiger partial charge >= 0.3 is 0 Å². The third-order valence-electron chi connectivity index (χ3n) is 2.96. The van der Waals surface area contributed by atoms with Crippen molar-refractivity contribution in [3.05, 3.63) is 64.2 Å². The SMILES string of the molecule is CS(=O)(=O)Cc1cc(F)ccc1NCc1cc(Cl)ccc1F. The van der Waals surface area contributed by atoms with Crippen molar-refractivity contribution < 1.29 is 17.2 Å². The topological polar surface area (TPSA) is 46.2 Å². The summed E-state index contributed by atoms with van der Waals surface area (Å²) >= 11 is 5.81. The van der Waals surface area contributed by atoms with E-state index in [1.54, 1.807) is 0 Å². The van der Waals surface area contributed by atoms with Crippen LogP contribution in [0.4, 0.5) is 14.5 Å². The van der Waals surface area contributed by atoms with Crippen LogP contribution in [0.15, 0.2) is 36.4 Å². The van der Waals surface area contributed by atoms with Gasteiger partial charge < -0.3 is 5.32 Å². The van der Waals surface area contributed by atoms with Gasteiger partial charge in [-0.05, 0) is 42.0 Å². The van der Waals surface area contributed by atoms with E-state index in [1.165, 1.54) is 30.3 Å². The van der Waals surface area contributed by atoms with Gasteiger partial charge in [0.1, 0.15) is 11.6 Å². The first kappa shape index (κ1) is 16.7. The molecular weight excluding hydrogens is 332 g/mol. The van der Waals surface area contributed by atoms with Crippen LogP contribution in [0.1, 0.15) is 11.1 Å². The van der Waals surface area contributed by atoms with Gasteiger partial charge in [-0.1, -0.05) is 11.6 Å². The molecule has 0 aromatic heterocycles. The summed E-state index contributed by atoms with van der Waals surface area (Å²) < 4.78 is 49.8. The molecule has 2 rings (SSSR count). The summed E-state index contributed by atoms with van der Waals surface area (Å²) in [6.45, 7) is 0.106. The van der Waals surface area contributed by atoms with E-state index in [0.29, 0.717) is 21.8 Å². The van der Waals surface area contributed by atoms with Gasteiger partial charge in [0, 0.05) is 29.1 Å². The summed E-state index contributed by atoms with van der Waals surface area (Å²) in [5, 5.41) is 3.31. The lowest BCUT2D eigenvalue weighted by atomic mass is 10.1. The van der Waals surface area contributed by atoms with Crippen molar-refractivity contribution >= 4 is 27.1 Å². The van der Waals surface area contributed by atoms with E-state index in [4.69, 9.17) is 11.6 Å². The highest BCUT2D eigenvalue weighted by atomic mass is 35.5. The fourth-order valence-electron chi connectivity index (χ4n) is 2.01. The molecule has 0 radical (unpaired) electrons. The second-order valence-electron chi connectivity index (χ2n) is 4.96. The van der Waals surface area contributed by atoms with Crippen LogP contribution in [0.2, 0.25) is 5.02 Å². The fraction of sp³-hybridized carbons (Fsp3) is 0.200. The Morgan fingerprint density at radius 2 is 1.82 bits per heavy atom. The monoisotopic (exact) mass is 345 g/mol. The van der Waals surface area contributed by atoms with Crippen LogP contribution in [-0.4, -0.2) is 14.7 Å². The number of sulfone groups is 1. The molecule has 0 fully saturated rings. The first-order chi connectivity index (χ1) is 10.2.